The molecule has 4 rings (SSSR count). The van der Waals surface area contributed by atoms with E-state index in [4.69, 9.17) is 10.00 Å². The molecule has 0 saturated heterocycles. The van der Waals surface area contributed by atoms with Gasteiger partial charge >= 0.3 is 0 Å². The lowest BCUT2D eigenvalue weighted by Crippen LogP contribution is -2.00. The molecule has 0 aliphatic heterocycles. The van der Waals surface area contributed by atoms with Gasteiger partial charge in [0.1, 0.15) is 5.75 Å². The molecule has 1 aromatic heterocycles. The van der Waals surface area contributed by atoms with Crippen LogP contribution < -0.4 is 4.74 Å². The minimum absolute atomic E-state index is 0.632. The predicted molar refractivity (Wildman–Crippen MR) is 119 cm³/mol. The summed E-state index contributed by atoms with van der Waals surface area (Å²) in [6.45, 7) is 2.60. The lowest BCUT2D eigenvalue weighted by molar-refractivity contribution is 0.340. The first-order valence-electron chi connectivity index (χ1n) is 9.64. The Balaban J connectivity index is 1.67. The van der Waals surface area contributed by atoms with E-state index in [1.165, 1.54) is 0 Å². The monoisotopic (exact) mass is 412 g/mol. The minimum Gasteiger partial charge on any atom is -0.494 e. The van der Waals surface area contributed by atoms with Crippen molar-refractivity contribution in [1.29, 1.82) is 5.26 Å². The van der Waals surface area contributed by atoms with Crippen LogP contribution in [-0.2, 0) is 5.75 Å². The second-order valence-electron chi connectivity index (χ2n) is 6.53. The van der Waals surface area contributed by atoms with Gasteiger partial charge in [0.05, 0.1) is 18.2 Å². The van der Waals surface area contributed by atoms with Crippen LogP contribution in [0.1, 0.15) is 18.1 Å². The van der Waals surface area contributed by atoms with Crippen molar-refractivity contribution in [2.45, 2.75) is 17.8 Å². The summed E-state index contributed by atoms with van der Waals surface area (Å²) in [5, 5.41) is 18.7. The second-order valence-corrected chi connectivity index (χ2v) is 7.47. The zero-order valence-electron chi connectivity index (χ0n) is 16.5. The number of hydrogen-bond acceptors (Lipinski definition) is 5. The number of aromatic nitrogens is 3. The third-order valence-electron chi connectivity index (χ3n) is 4.52. The van der Waals surface area contributed by atoms with E-state index in [2.05, 4.69) is 20.8 Å². The number of nitriles is 1. The number of nitrogens with zero attached hydrogens (tertiary/aromatic N) is 4. The van der Waals surface area contributed by atoms with E-state index in [1.807, 2.05) is 85.8 Å². The van der Waals surface area contributed by atoms with E-state index in [9.17, 15) is 0 Å². The normalized spacial score (nSPS) is 10.5. The molecule has 0 bridgehead atoms. The minimum atomic E-state index is 0.632. The third-order valence-corrected chi connectivity index (χ3v) is 5.52. The molecule has 0 amide bonds. The first kappa shape index (κ1) is 19.7. The zero-order chi connectivity index (χ0) is 20.8. The molecule has 0 N–H and O–H groups in total. The molecule has 0 fully saturated rings. The van der Waals surface area contributed by atoms with Gasteiger partial charge in [-0.2, -0.15) is 5.26 Å². The van der Waals surface area contributed by atoms with Crippen LogP contribution in [0.15, 0.2) is 84.0 Å². The first-order valence-corrected chi connectivity index (χ1v) is 10.6. The fourth-order valence-corrected chi connectivity index (χ4v) is 3.96. The van der Waals surface area contributed by atoms with Crippen molar-refractivity contribution in [2.75, 3.05) is 6.61 Å². The number of hydrogen-bond donors (Lipinski definition) is 0. The van der Waals surface area contributed by atoms with Crippen molar-refractivity contribution >= 4 is 11.8 Å². The molecule has 5 nitrogen and oxygen atoms in total. The van der Waals surface area contributed by atoms with E-state index in [-0.39, 0.29) is 0 Å². The lowest BCUT2D eigenvalue weighted by atomic mass is 10.2. The van der Waals surface area contributed by atoms with E-state index >= 15 is 0 Å². The summed E-state index contributed by atoms with van der Waals surface area (Å²) in [6, 6.07) is 27.8. The molecule has 6 heteroatoms. The molecule has 0 aliphatic carbocycles. The van der Waals surface area contributed by atoms with E-state index in [0.29, 0.717) is 12.2 Å². The molecule has 4 aromatic rings. The van der Waals surface area contributed by atoms with Crippen LogP contribution in [0.5, 0.6) is 5.75 Å². The van der Waals surface area contributed by atoms with Gasteiger partial charge in [-0.3, -0.25) is 4.57 Å². The standard InChI is InChI=1S/C24H20N4OS/c1-2-29-22-14-12-21(13-15-22)28-23(20-6-4-3-5-7-20)26-27-24(28)30-17-19-10-8-18(16-25)9-11-19/h3-15H,2,17H2,1H3. The maximum atomic E-state index is 8.98. The molecule has 0 spiro atoms. The molecule has 0 unspecified atom stereocenters. The Morgan fingerprint density at radius 2 is 1.67 bits per heavy atom. The molecular formula is C24H20N4OS. The molecule has 30 heavy (non-hydrogen) atoms. The van der Waals surface area contributed by atoms with Crippen LogP contribution in [0.4, 0.5) is 0 Å². The van der Waals surface area contributed by atoms with Crippen molar-refractivity contribution in [3.63, 3.8) is 0 Å². The largest absolute Gasteiger partial charge is 0.494 e. The fraction of sp³-hybridized carbons (Fsp3) is 0.125. The van der Waals surface area contributed by atoms with E-state index in [1.54, 1.807) is 11.8 Å². The van der Waals surface area contributed by atoms with Crippen LogP contribution in [0, 0.1) is 11.3 Å². The van der Waals surface area contributed by atoms with Gasteiger partial charge in [0.2, 0.25) is 0 Å². The van der Waals surface area contributed by atoms with Gasteiger partial charge in [-0.15, -0.1) is 10.2 Å². The molecule has 148 valence electrons. The molecule has 0 radical (unpaired) electrons. The summed E-state index contributed by atoms with van der Waals surface area (Å²) < 4.78 is 7.65. The van der Waals surface area contributed by atoms with Crippen molar-refractivity contribution < 1.29 is 4.74 Å². The average molecular weight is 413 g/mol. The Hall–Kier alpha value is -3.56. The van der Waals surface area contributed by atoms with E-state index in [0.717, 1.165) is 39.3 Å². The highest BCUT2D eigenvalue weighted by Gasteiger charge is 2.16. The highest BCUT2D eigenvalue weighted by atomic mass is 32.2. The van der Waals surface area contributed by atoms with Gasteiger partial charge in [-0.1, -0.05) is 54.2 Å². The SMILES string of the molecule is CCOc1ccc(-n2c(SCc3ccc(C#N)cc3)nnc2-c2ccccc2)cc1. The highest BCUT2D eigenvalue weighted by Crippen LogP contribution is 2.30. The zero-order valence-corrected chi connectivity index (χ0v) is 17.3. The van der Waals surface area contributed by atoms with Crippen LogP contribution in [0.25, 0.3) is 17.1 Å². The van der Waals surface area contributed by atoms with Gasteiger partial charge in [0.25, 0.3) is 0 Å². The maximum Gasteiger partial charge on any atom is 0.196 e. The van der Waals surface area contributed by atoms with Crippen molar-refractivity contribution in [3.05, 3.63) is 90.0 Å². The van der Waals surface area contributed by atoms with Gasteiger partial charge in [-0.25, -0.2) is 0 Å². The van der Waals surface area contributed by atoms with Crippen molar-refractivity contribution in [1.82, 2.24) is 14.8 Å². The van der Waals surface area contributed by atoms with Crippen molar-refractivity contribution in [2.24, 2.45) is 0 Å². The number of ether oxygens (including phenoxy) is 1. The Kier molecular flexibility index (Phi) is 6.11. The Morgan fingerprint density at radius 3 is 2.33 bits per heavy atom. The van der Waals surface area contributed by atoms with Gasteiger partial charge in [0, 0.05) is 17.0 Å². The molecule has 1 heterocycles. The number of rotatable bonds is 7. The summed E-state index contributed by atoms with van der Waals surface area (Å²) in [7, 11) is 0. The number of benzene rings is 3. The second kappa shape index (κ2) is 9.29. The third kappa shape index (κ3) is 4.37. The predicted octanol–water partition coefficient (Wildman–Crippen LogP) is 5.50. The van der Waals surface area contributed by atoms with Gasteiger partial charge in [0.15, 0.2) is 11.0 Å². The summed E-state index contributed by atoms with van der Waals surface area (Å²) in [5.41, 5.74) is 3.77. The number of thioether (sulfide) groups is 1. The molecule has 0 aliphatic rings. The van der Waals surface area contributed by atoms with Crippen molar-refractivity contribution in [3.8, 4) is 28.9 Å². The summed E-state index contributed by atoms with van der Waals surface area (Å²) in [6.07, 6.45) is 0. The summed E-state index contributed by atoms with van der Waals surface area (Å²) >= 11 is 1.61. The lowest BCUT2D eigenvalue weighted by Gasteiger charge is -2.11. The topological polar surface area (TPSA) is 63.7 Å². The maximum absolute atomic E-state index is 8.98. The smallest absolute Gasteiger partial charge is 0.196 e. The Morgan fingerprint density at radius 1 is 0.933 bits per heavy atom. The van der Waals surface area contributed by atoms with Crippen LogP contribution in [0.3, 0.4) is 0 Å². The van der Waals surface area contributed by atoms with Gasteiger partial charge < -0.3 is 4.74 Å². The highest BCUT2D eigenvalue weighted by molar-refractivity contribution is 7.98. The first-order chi connectivity index (χ1) is 14.8. The van der Waals surface area contributed by atoms with Gasteiger partial charge in [-0.05, 0) is 48.9 Å². The van der Waals surface area contributed by atoms with Crippen LogP contribution in [-0.4, -0.2) is 21.4 Å². The Labute approximate surface area is 180 Å². The van der Waals surface area contributed by atoms with Crippen LogP contribution >= 0.6 is 11.8 Å². The molecule has 3 aromatic carbocycles. The quantitative estimate of drug-likeness (QED) is 0.375. The fourth-order valence-electron chi connectivity index (χ4n) is 3.05. The Bertz CT molecular complexity index is 1150. The van der Waals surface area contributed by atoms with E-state index < -0.39 is 0 Å². The average Bonchev–Trinajstić information content (AvgIpc) is 3.23. The molecule has 0 atom stereocenters. The van der Waals surface area contributed by atoms with Crippen LogP contribution in [0.2, 0.25) is 0 Å². The molecular weight excluding hydrogens is 392 g/mol. The molecule has 0 saturated carbocycles. The summed E-state index contributed by atoms with van der Waals surface area (Å²) in [4.78, 5) is 0. The summed E-state index contributed by atoms with van der Waals surface area (Å²) in [5.74, 6) is 2.36.